The first-order valence-corrected chi connectivity index (χ1v) is 20.7. The fraction of sp³-hybridized carbons (Fsp3) is 0.641. The molecule has 2 aromatic carbocycles. The van der Waals surface area contributed by atoms with Crippen molar-refractivity contribution < 1.29 is 23.6 Å². The van der Waals surface area contributed by atoms with Gasteiger partial charge in [-0.05, 0) is 123 Å². The third-order valence-corrected chi connectivity index (χ3v) is 15.7. The summed E-state index contributed by atoms with van der Waals surface area (Å²) in [4.78, 5) is 18.7. The maximum atomic E-state index is 13.9. The molecule has 1 amide bonds. The number of carbonyl (C=O) groups is 1. The fourth-order valence-electron chi connectivity index (χ4n) is 10.1. The van der Waals surface area contributed by atoms with Gasteiger partial charge >= 0.3 is 0 Å². The van der Waals surface area contributed by atoms with Gasteiger partial charge in [0.2, 0.25) is 0 Å². The lowest BCUT2D eigenvalue weighted by Gasteiger charge is -2.51. The molecule has 4 aliphatic heterocycles. The zero-order valence-electron chi connectivity index (χ0n) is 29.0. The van der Waals surface area contributed by atoms with Crippen LogP contribution >= 0.6 is 11.6 Å². The van der Waals surface area contributed by atoms with Crippen molar-refractivity contribution >= 4 is 38.8 Å². The second kappa shape index (κ2) is 12.7. The monoisotopic (exact) mass is 709 g/mol. The number of nitrogens with one attached hydrogen (secondary N) is 1. The van der Waals surface area contributed by atoms with Crippen molar-refractivity contribution in [3.05, 3.63) is 58.1 Å². The van der Waals surface area contributed by atoms with Crippen molar-refractivity contribution in [3.8, 4) is 5.75 Å². The number of aliphatic hydroxyl groups is 1. The smallest absolute Gasteiger partial charge is 0.262 e. The van der Waals surface area contributed by atoms with Crippen LogP contribution in [0.1, 0.15) is 86.7 Å². The van der Waals surface area contributed by atoms with E-state index >= 15 is 0 Å². The van der Waals surface area contributed by atoms with Gasteiger partial charge in [0.05, 0.1) is 40.3 Å². The molecule has 2 aliphatic carbocycles. The molecule has 2 saturated heterocycles. The third-order valence-electron chi connectivity index (χ3n) is 13.3. The number of nitrogens with zero attached hydrogens (tertiary/aromatic N) is 2. The van der Waals surface area contributed by atoms with Crippen LogP contribution in [0.2, 0.25) is 5.02 Å². The van der Waals surface area contributed by atoms with Crippen LogP contribution < -0.4 is 14.4 Å². The number of fused-ring (bicyclic) bond motifs is 6. The summed E-state index contributed by atoms with van der Waals surface area (Å²) in [6, 6.07) is 12.3. The second-order valence-corrected chi connectivity index (χ2v) is 19.2. The lowest BCUT2D eigenvalue weighted by Crippen LogP contribution is -2.58. The standard InChI is InChI=1S/C39H52ClN3O5S/c1-25-6-4-15-39(45,23-42-20-32-18-31(42)21-47-32)34-11-8-29(34)19-43-22-38(14-5-7-27-16-30(40)10-12-33(27)38)24-48-36-13-9-28(17-35(36)43)37(44)41-49(3,46)26(25)2/h9-10,12-13,16-17,25-26,29,31-32,34,45H,3-8,11,14-15,18-24H2,1-2H3,(H,41,44,46)/t25-,26+,29-,31+,32+,34+,38-,39?,49?/m0/s1. The molecular formula is C39H52ClN3O5S. The van der Waals surface area contributed by atoms with Crippen molar-refractivity contribution in [2.45, 2.75) is 100 Å². The highest BCUT2D eigenvalue weighted by atomic mass is 35.5. The predicted molar refractivity (Wildman–Crippen MR) is 196 cm³/mol. The Hall–Kier alpha value is -2.30. The Morgan fingerprint density at radius 3 is 2.71 bits per heavy atom. The summed E-state index contributed by atoms with van der Waals surface area (Å²) >= 11 is 6.48. The summed E-state index contributed by atoms with van der Waals surface area (Å²) in [6.45, 7) is 8.41. The zero-order chi connectivity index (χ0) is 34.1. The minimum Gasteiger partial charge on any atom is -0.490 e. The fourth-order valence-corrected chi connectivity index (χ4v) is 11.8. The van der Waals surface area contributed by atoms with Crippen LogP contribution in [0.25, 0.3) is 0 Å². The van der Waals surface area contributed by atoms with E-state index in [0.717, 1.165) is 94.1 Å². The summed E-state index contributed by atoms with van der Waals surface area (Å²) in [5.41, 5.74) is 2.86. The number of ether oxygens (including phenoxy) is 2. The molecule has 2 aromatic rings. The number of morpholine rings is 1. The number of rotatable bonds is 2. The van der Waals surface area contributed by atoms with Gasteiger partial charge < -0.3 is 19.5 Å². The zero-order valence-corrected chi connectivity index (χ0v) is 30.6. The van der Waals surface area contributed by atoms with Gasteiger partial charge in [-0.3, -0.25) is 14.4 Å². The molecule has 8 rings (SSSR count). The molecule has 9 atom stereocenters. The van der Waals surface area contributed by atoms with Crippen LogP contribution in [0.15, 0.2) is 36.4 Å². The molecule has 4 heterocycles. The number of β-amino-alcohol motifs (C(OH)–C–C–N with tert-alkyl or cyclic N) is 1. The Morgan fingerprint density at radius 1 is 1.10 bits per heavy atom. The van der Waals surface area contributed by atoms with E-state index < -0.39 is 15.3 Å². The number of anilines is 1. The van der Waals surface area contributed by atoms with Gasteiger partial charge in [-0.1, -0.05) is 31.0 Å². The van der Waals surface area contributed by atoms with E-state index in [1.807, 2.05) is 25.1 Å². The van der Waals surface area contributed by atoms with Gasteiger partial charge in [0.15, 0.2) is 0 Å². The molecule has 4 bridgehead atoms. The molecule has 49 heavy (non-hydrogen) atoms. The summed E-state index contributed by atoms with van der Waals surface area (Å²) in [5.74, 6) is 4.97. The van der Waals surface area contributed by atoms with Gasteiger partial charge in [0.1, 0.15) is 5.75 Å². The number of hydrogen-bond donors (Lipinski definition) is 2. The molecule has 8 nitrogen and oxygen atoms in total. The number of carbonyl (C=O) groups excluding carboxylic acids is 1. The molecule has 2 N–H and O–H groups in total. The van der Waals surface area contributed by atoms with Gasteiger partial charge in [-0.15, -0.1) is 0 Å². The van der Waals surface area contributed by atoms with Crippen molar-refractivity contribution in [3.63, 3.8) is 0 Å². The number of hydrogen-bond acceptors (Lipinski definition) is 7. The Balaban J connectivity index is 1.18. The first-order chi connectivity index (χ1) is 23.4. The first-order valence-electron chi connectivity index (χ1n) is 18.5. The van der Waals surface area contributed by atoms with Crippen LogP contribution in [0, 0.1) is 17.8 Å². The Labute approximate surface area is 297 Å². The number of likely N-dealkylation sites (tertiary alicyclic amines) is 1. The molecule has 10 heteroatoms. The highest BCUT2D eigenvalue weighted by Gasteiger charge is 2.51. The Bertz CT molecular complexity index is 1720. The number of benzene rings is 2. The molecule has 266 valence electrons. The van der Waals surface area contributed by atoms with Gasteiger partial charge in [-0.25, -0.2) is 4.21 Å². The third kappa shape index (κ3) is 6.19. The average molecular weight is 710 g/mol. The van der Waals surface area contributed by atoms with Gasteiger partial charge in [0.25, 0.3) is 5.91 Å². The molecular weight excluding hydrogens is 658 g/mol. The second-order valence-electron chi connectivity index (χ2n) is 16.3. The normalized spacial score (nSPS) is 39.3. The van der Waals surface area contributed by atoms with E-state index in [9.17, 15) is 14.1 Å². The molecule has 3 fully saturated rings. The van der Waals surface area contributed by atoms with Crippen LogP contribution in [0.4, 0.5) is 5.69 Å². The minimum absolute atomic E-state index is 0.0659. The predicted octanol–water partition coefficient (Wildman–Crippen LogP) is 5.61. The quantitative estimate of drug-likeness (QED) is 0.392. The van der Waals surface area contributed by atoms with Crippen molar-refractivity contribution in [1.82, 2.24) is 9.62 Å². The van der Waals surface area contributed by atoms with E-state index in [1.165, 1.54) is 11.1 Å². The maximum Gasteiger partial charge on any atom is 0.262 e. The first kappa shape index (κ1) is 33.8. The topological polar surface area (TPSA) is 91.3 Å². The Morgan fingerprint density at radius 2 is 1.96 bits per heavy atom. The molecule has 1 spiro atoms. The van der Waals surface area contributed by atoms with Crippen LogP contribution in [0.3, 0.4) is 0 Å². The molecule has 0 aromatic heterocycles. The van der Waals surface area contributed by atoms with E-state index in [-0.39, 0.29) is 34.5 Å². The summed E-state index contributed by atoms with van der Waals surface area (Å²) in [6.07, 6.45) is 8.80. The largest absolute Gasteiger partial charge is 0.490 e. The lowest BCUT2D eigenvalue weighted by atomic mass is 9.62. The Kier molecular flexibility index (Phi) is 8.79. The summed E-state index contributed by atoms with van der Waals surface area (Å²) < 4.78 is 29.4. The number of amides is 1. The van der Waals surface area contributed by atoms with E-state index in [1.54, 1.807) is 6.07 Å². The molecule has 2 unspecified atom stereocenters. The summed E-state index contributed by atoms with van der Waals surface area (Å²) in [5, 5.41) is 13.2. The van der Waals surface area contributed by atoms with Crippen molar-refractivity contribution in [2.24, 2.45) is 17.8 Å². The lowest BCUT2D eigenvalue weighted by molar-refractivity contribution is -0.115. The molecule has 6 aliphatic rings. The van der Waals surface area contributed by atoms with Crippen molar-refractivity contribution in [2.75, 3.05) is 44.3 Å². The van der Waals surface area contributed by atoms with Crippen molar-refractivity contribution in [1.29, 1.82) is 0 Å². The number of halogens is 1. The maximum absolute atomic E-state index is 13.9. The number of aryl methyl sites for hydroxylation is 1. The van der Waals surface area contributed by atoms with E-state index in [2.05, 4.69) is 39.4 Å². The van der Waals surface area contributed by atoms with E-state index in [4.69, 9.17) is 21.1 Å². The SMILES string of the molecule is C=S1(=O)NC(=O)c2ccc3c(c2)N(C[C@@H]2CC[C@H]2C(O)(CN2C[C@H]4C[C@@H]2CO4)CCC[C@H](C)[C@H]1C)C[C@@]1(CCCc2cc(Cl)ccc21)CO3. The van der Waals surface area contributed by atoms with Crippen LogP contribution in [-0.4, -0.2) is 88.4 Å². The van der Waals surface area contributed by atoms with E-state index in [0.29, 0.717) is 37.1 Å². The van der Waals surface area contributed by atoms with Crippen LogP contribution in [-0.2, 0) is 26.3 Å². The molecule has 1 saturated carbocycles. The van der Waals surface area contributed by atoms with Gasteiger partial charge in [-0.2, -0.15) is 0 Å². The average Bonchev–Trinajstić information content (AvgIpc) is 3.63. The van der Waals surface area contributed by atoms with Crippen LogP contribution in [0.5, 0.6) is 5.75 Å². The highest BCUT2D eigenvalue weighted by molar-refractivity contribution is 7.99. The summed E-state index contributed by atoms with van der Waals surface area (Å²) in [7, 11) is -2.94. The molecule has 0 radical (unpaired) electrons. The van der Waals surface area contributed by atoms with Gasteiger partial charge in [0, 0.05) is 53.5 Å². The highest BCUT2D eigenvalue weighted by Crippen LogP contribution is 2.49. The minimum atomic E-state index is -2.94.